The Morgan fingerprint density at radius 3 is 2.46 bits per heavy atom. The van der Waals surface area contributed by atoms with E-state index in [2.05, 4.69) is 86.6 Å². The Kier molecular flexibility index (Phi) is 8.22. The van der Waals surface area contributed by atoms with Crippen molar-refractivity contribution in [3.63, 3.8) is 0 Å². The topological polar surface area (TPSA) is 56.2 Å². The summed E-state index contributed by atoms with van der Waals surface area (Å²) in [7, 11) is 0. The van der Waals surface area contributed by atoms with Gasteiger partial charge >= 0.3 is 0 Å². The van der Waals surface area contributed by atoms with E-state index in [4.69, 9.17) is 5.41 Å². The van der Waals surface area contributed by atoms with Crippen LogP contribution in [0.2, 0.25) is 0 Å². The van der Waals surface area contributed by atoms with Crippen LogP contribution in [-0.4, -0.2) is 23.7 Å². The van der Waals surface area contributed by atoms with Crippen molar-refractivity contribution >= 4 is 40.2 Å². The summed E-state index contributed by atoms with van der Waals surface area (Å²) in [6, 6.07) is 13.9. The van der Waals surface area contributed by atoms with E-state index in [9.17, 15) is 4.79 Å². The van der Waals surface area contributed by atoms with E-state index in [0.717, 1.165) is 64.8 Å². The fourth-order valence-corrected chi connectivity index (χ4v) is 7.18. The van der Waals surface area contributed by atoms with E-state index >= 15 is 0 Å². The van der Waals surface area contributed by atoms with Gasteiger partial charge in [0.25, 0.3) is 5.91 Å². The normalized spacial score (nSPS) is 22.4. The molecule has 1 unspecified atom stereocenters. The number of anilines is 2. The van der Waals surface area contributed by atoms with Crippen molar-refractivity contribution < 1.29 is 4.79 Å². The maximum Gasteiger partial charge on any atom is 0.255 e. The van der Waals surface area contributed by atoms with Crippen LogP contribution in [0, 0.1) is 5.41 Å². The third-order valence-corrected chi connectivity index (χ3v) is 9.84. The Balaban J connectivity index is 1.58. The minimum atomic E-state index is -0.477. The molecule has 2 N–H and O–H groups in total. The number of carbonyl (C=O) groups is 1. The van der Waals surface area contributed by atoms with Gasteiger partial charge in [0.2, 0.25) is 0 Å². The number of benzene rings is 2. The monoisotopic (exact) mass is 547 g/mol. The van der Waals surface area contributed by atoms with Gasteiger partial charge in [-0.2, -0.15) is 0 Å². The van der Waals surface area contributed by atoms with Gasteiger partial charge in [0.1, 0.15) is 0 Å². The second kappa shape index (κ2) is 11.7. The van der Waals surface area contributed by atoms with Crippen LogP contribution in [-0.2, 0) is 10.2 Å². The lowest BCUT2D eigenvalue weighted by Crippen LogP contribution is -2.33. The van der Waals surface area contributed by atoms with E-state index in [1.807, 2.05) is 19.1 Å². The summed E-state index contributed by atoms with van der Waals surface area (Å²) in [4.78, 5) is 16.9. The first-order valence-corrected chi connectivity index (χ1v) is 15.4. The number of allylic oxidation sites excluding steroid dienone is 3. The molecule has 1 amide bonds. The standard InChI is InChI=1S/C37H45N3O/c1-7-12-31-32(16-10-13-24(4)30-15-11-14-26(8-2)35(30)31)36(41)39-34-22-21-29(40-27-17-18-28(40)20-19-27)23-33(34)37(6,9-3)25(5)38/h8,11-12,14-16,21-23,27-28,38H,2,4,7,9-10,13,17-20H2,1,3,5-6H3,(H,39,41). The van der Waals surface area contributed by atoms with E-state index in [1.165, 1.54) is 31.4 Å². The van der Waals surface area contributed by atoms with E-state index < -0.39 is 5.41 Å². The summed E-state index contributed by atoms with van der Waals surface area (Å²) >= 11 is 0. The Bertz CT molecular complexity index is 1440. The first-order valence-electron chi connectivity index (χ1n) is 15.4. The third kappa shape index (κ3) is 5.14. The van der Waals surface area contributed by atoms with Crippen molar-refractivity contribution in [3.8, 4) is 0 Å². The molecule has 2 aliphatic heterocycles. The van der Waals surface area contributed by atoms with Gasteiger partial charge < -0.3 is 15.6 Å². The Morgan fingerprint density at radius 1 is 1.15 bits per heavy atom. The molecule has 2 aromatic carbocycles. The predicted molar refractivity (Wildman–Crippen MR) is 176 cm³/mol. The molecule has 5 rings (SSSR count). The van der Waals surface area contributed by atoms with Crippen LogP contribution < -0.4 is 10.2 Å². The highest BCUT2D eigenvalue weighted by atomic mass is 16.1. The van der Waals surface area contributed by atoms with Gasteiger partial charge in [-0.15, -0.1) is 0 Å². The second-order valence-corrected chi connectivity index (χ2v) is 12.1. The zero-order valence-electron chi connectivity index (χ0n) is 25.3. The van der Waals surface area contributed by atoms with Crippen LogP contribution in [0.4, 0.5) is 11.4 Å². The lowest BCUT2D eigenvalue weighted by molar-refractivity contribution is -0.112. The largest absolute Gasteiger partial charge is 0.366 e. The van der Waals surface area contributed by atoms with E-state index in [1.54, 1.807) is 0 Å². The second-order valence-electron chi connectivity index (χ2n) is 12.1. The van der Waals surface area contributed by atoms with E-state index in [0.29, 0.717) is 23.4 Å². The molecule has 2 fully saturated rings. The van der Waals surface area contributed by atoms with Crippen molar-refractivity contribution in [1.82, 2.24) is 0 Å². The van der Waals surface area contributed by atoms with Crippen LogP contribution >= 0.6 is 0 Å². The number of fused-ring (bicyclic) bond motifs is 3. The minimum Gasteiger partial charge on any atom is -0.366 e. The molecule has 214 valence electrons. The fraction of sp³-hybridized carbons (Fsp3) is 0.405. The van der Waals surface area contributed by atoms with Gasteiger partial charge in [0, 0.05) is 40.2 Å². The first kappa shape index (κ1) is 28.9. The van der Waals surface area contributed by atoms with Gasteiger partial charge in [0.05, 0.1) is 0 Å². The quantitative estimate of drug-likeness (QED) is 0.324. The summed E-state index contributed by atoms with van der Waals surface area (Å²) in [5.74, 6) is -0.113. The average molecular weight is 548 g/mol. The van der Waals surface area contributed by atoms with Crippen LogP contribution in [0.15, 0.2) is 67.3 Å². The molecule has 2 saturated heterocycles. The number of nitrogens with one attached hydrogen (secondary N) is 2. The summed E-state index contributed by atoms with van der Waals surface area (Å²) in [6.07, 6.45) is 14.3. The molecule has 0 saturated carbocycles. The Morgan fingerprint density at radius 2 is 1.85 bits per heavy atom. The SMILES string of the molecule is C=Cc1cccc2c1C(=CCC)C(C(=O)Nc1ccc(N3C4CCC3CC4)cc1C(C)(CC)C(C)=N)=CCCC2=C. The van der Waals surface area contributed by atoms with Crippen LogP contribution in [0.25, 0.3) is 17.2 Å². The molecule has 0 spiro atoms. The van der Waals surface area contributed by atoms with Crippen molar-refractivity contribution in [2.75, 3.05) is 10.2 Å². The van der Waals surface area contributed by atoms with Gasteiger partial charge in [0.15, 0.2) is 0 Å². The summed E-state index contributed by atoms with van der Waals surface area (Å²) < 4.78 is 0. The van der Waals surface area contributed by atoms with Crippen molar-refractivity contribution in [3.05, 3.63) is 89.5 Å². The van der Waals surface area contributed by atoms with Gasteiger partial charge in [-0.25, -0.2) is 0 Å². The number of carbonyl (C=O) groups excluding carboxylic acids is 1. The molecule has 4 heteroatoms. The number of nitrogens with zero attached hydrogens (tertiary/aromatic N) is 1. The number of amides is 1. The van der Waals surface area contributed by atoms with Crippen LogP contribution in [0.1, 0.15) is 101 Å². The molecule has 1 atom stereocenters. The van der Waals surface area contributed by atoms with Gasteiger partial charge in [-0.3, -0.25) is 4.79 Å². The maximum absolute atomic E-state index is 14.3. The van der Waals surface area contributed by atoms with Gasteiger partial charge in [-0.1, -0.05) is 70.4 Å². The molecular weight excluding hydrogens is 502 g/mol. The molecule has 0 aromatic heterocycles. The highest BCUT2D eigenvalue weighted by Crippen LogP contribution is 2.45. The van der Waals surface area contributed by atoms with Crippen molar-refractivity contribution in [2.24, 2.45) is 0 Å². The molecule has 1 aliphatic carbocycles. The molecule has 2 bridgehead atoms. The molecule has 2 heterocycles. The average Bonchev–Trinajstić information content (AvgIpc) is 3.57. The lowest BCUT2D eigenvalue weighted by atomic mass is 9.75. The number of hydrogen-bond acceptors (Lipinski definition) is 3. The predicted octanol–water partition coefficient (Wildman–Crippen LogP) is 9.33. The Hall–Kier alpha value is -3.66. The molecule has 41 heavy (non-hydrogen) atoms. The summed E-state index contributed by atoms with van der Waals surface area (Å²) in [5, 5.41) is 12.1. The molecular formula is C37H45N3O. The molecule has 0 radical (unpaired) electrons. The first-order chi connectivity index (χ1) is 19.7. The lowest BCUT2D eigenvalue weighted by Gasteiger charge is -2.33. The molecule has 4 nitrogen and oxygen atoms in total. The minimum absolute atomic E-state index is 0.113. The zero-order chi connectivity index (χ0) is 29.3. The molecule has 3 aliphatic rings. The third-order valence-electron chi connectivity index (χ3n) is 9.84. The fourth-order valence-electron chi connectivity index (χ4n) is 7.18. The summed E-state index contributed by atoms with van der Waals surface area (Å²) in [6.45, 7) is 16.7. The number of hydrogen-bond donors (Lipinski definition) is 2. The Labute approximate surface area is 246 Å². The number of rotatable bonds is 8. The maximum atomic E-state index is 14.3. The molecule has 2 aromatic rings. The van der Waals surface area contributed by atoms with Crippen LogP contribution in [0.5, 0.6) is 0 Å². The highest BCUT2D eigenvalue weighted by Gasteiger charge is 2.40. The van der Waals surface area contributed by atoms with Crippen molar-refractivity contribution in [2.45, 2.75) is 96.6 Å². The smallest absolute Gasteiger partial charge is 0.255 e. The van der Waals surface area contributed by atoms with Gasteiger partial charge in [-0.05, 0) is 110 Å². The highest BCUT2D eigenvalue weighted by molar-refractivity contribution is 6.17. The van der Waals surface area contributed by atoms with Crippen LogP contribution in [0.3, 0.4) is 0 Å². The zero-order valence-corrected chi connectivity index (χ0v) is 25.3. The summed E-state index contributed by atoms with van der Waals surface area (Å²) in [5.41, 5.74) is 9.00. The van der Waals surface area contributed by atoms with E-state index in [-0.39, 0.29) is 5.91 Å². The van der Waals surface area contributed by atoms with Crippen molar-refractivity contribution in [1.29, 1.82) is 5.41 Å².